The number of rotatable bonds is 8. The molecule has 0 saturated carbocycles. The summed E-state index contributed by atoms with van der Waals surface area (Å²) in [5.74, 6) is 1.13. The van der Waals surface area contributed by atoms with Gasteiger partial charge in [0.1, 0.15) is 0 Å². The van der Waals surface area contributed by atoms with E-state index in [1.807, 2.05) is 30.0 Å². The maximum Gasteiger partial charge on any atom is 0.222 e. The molecule has 2 aromatic carbocycles. The Morgan fingerprint density at radius 2 is 1.79 bits per heavy atom. The van der Waals surface area contributed by atoms with Gasteiger partial charge in [-0.1, -0.05) is 59.3 Å². The van der Waals surface area contributed by atoms with Gasteiger partial charge < -0.3 is 4.90 Å². The Bertz CT molecular complexity index is 647. The van der Waals surface area contributed by atoms with Gasteiger partial charge in [0.05, 0.1) is 0 Å². The van der Waals surface area contributed by atoms with Gasteiger partial charge in [-0.05, 0) is 37.1 Å². The fraction of sp³-hybridized carbons (Fsp3) is 0.350. The van der Waals surface area contributed by atoms with E-state index in [1.165, 1.54) is 10.5 Å². The zero-order chi connectivity index (χ0) is 17.4. The van der Waals surface area contributed by atoms with Crippen LogP contribution in [0.5, 0.6) is 0 Å². The Labute approximate surface area is 157 Å². The van der Waals surface area contributed by atoms with Crippen molar-refractivity contribution in [2.24, 2.45) is 0 Å². The van der Waals surface area contributed by atoms with Crippen molar-refractivity contribution in [2.45, 2.75) is 37.6 Å². The maximum atomic E-state index is 12.4. The van der Waals surface area contributed by atoms with Crippen LogP contribution >= 0.6 is 27.7 Å². The monoisotopic (exact) mass is 405 g/mol. The highest BCUT2D eigenvalue weighted by molar-refractivity contribution is 9.10. The van der Waals surface area contributed by atoms with E-state index in [2.05, 4.69) is 59.3 Å². The van der Waals surface area contributed by atoms with Crippen molar-refractivity contribution in [3.05, 3.63) is 64.6 Å². The van der Waals surface area contributed by atoms with Crippen molar-refractivity contribution < 1.29 is 4.79 Å². The van der Waals surface area contributed by atoms with Crippen LogP contribution in [0.25, 0.3) is 0 Å². The van der Waals surface area contributed by atoms with Gasteiger partial charge in [-0.3, -0.25) is 4.79 Å². The van der Waals surface area contributed by atoms with Crippen molar-refractivity contribution in [1.82, 2.24) is 4.90 Å². The first-order valence-corrected chi connectivity index (χ1v) is 10.1. The summed E-state index contributed by atoms with van der Waals surface area (Å²) >= 11 is 5.40. The molecular weight excluding hydrogens is 382 g/mol. The Morgan fingerprint density at radius 1 is 1.12 bits per heavy atom. The van der Waals surface area contributed by atoms with E-state index in [0.717, 1.165) is 23.2 Å². The second-order valence-electron chi connectivity index (χ2n) is 5.76. The molecule has 0 aliphatic heterocycles. The van der Waals surface area contributed by atoms with Crippen LogP contribution in [0.15, 0.2) is 64.0 Å². The van der Waals surface area contributed by atoms with Crippen LogP contribution in [0.4, 0.5) is 0 Å². The van der Waals surface area contributed by atoms with E-state index in [1.54, 1.807) is 11.8 Å². The average molecular weight is 406 g/mol. The zero-order valence-corrected chi connectivity index (χ0v) is 16.6. The molecule has 0 radical (unpaired) electrons. The van der Waals surface area contributed by atoms with Gasteiger partial charge in [-0.2, -0.15) is 0 Å². The Balaban J connectivity index is 1.96. The van der Waals surface area contributed by atoms with Crippen LogP contribution in [0.1, 0.15) is 25.8 Å². The first-order valence-electron chi connectivity index (χ1n) is 8.32. The second-order valence-corrected chi connectivity index (χ2v) is 7.70. The average Bonchev–Trinajstić information content (AvgIpc) is 2.62. The smallest absolute Gasteiger partial charge is 0.222 e. The molecule has 0 heterocycles. The first kappa shape index (κ1) is 19.1. The molecule has 0 aliphatic rings. The molecule has 0 fully saturated rings. The molecule has 128 valence electrons. The largest absolute Gasteiger partial charge is 0.339 e. The highest BCUT2D eigenvalue weighted by Crippen LogP contribution is 2.21. The molecule has 2 nitrogen and oxygen atoms in total. The number of carbonyl (C=O) groups is 1. The van der Waals surface area contributed by atoms with E-state index >= 15 is 0 Å². The predicted molar refractivity (Wildman–Crippen MR) is 106 cm³/mol. The molecule has 4 heteroatoms. The third-order valence-corrected chi connectivity index (χ3v) is 6.00. The van der Waals surface area contributed by atoms with Crippen molar-refractivity contribution in [3.8, 4) is 0 Å². The highest BCUT2D eigenvalue weighted by Gasteiger charge is 2.19. The van der Waals surface area contributed by atoms with Gasteiger partial charge in [0, 0.05) is 34.1 Å². The van der Waals surface area contributed by atoms with Crippen LogP contribution in [0, 0.1) is 0 Å². The van der Waals surface area contributed by atoms with Crippen LogP contribution in [-0.4, -0.2) is 29.1 Å². The summed E-state index contributed by atoms with van der Waals surface area (Å²) in [6.07, 6.45) is 1.42. The van der Waals surface area contributed by atoms with E-state index < -0.39 is 0 Å². The van der Waals surface area contributed by atoms with E-state index in [0.29, 0.717) is 6.42 Å². The minimum Gasteiger partial charge on any atom is -0.339 e. The van der Waals surface area contributed by atoms with Crippen LogP contribution in [0.3, 0.4) is 0 Å². The standard InChI is InChI=1S/C20H24BrNOS/c1-3-20(23)22(14-13-17-9-7-8-12-19(17)21)16(2)15-24-18-10-5-4-6-11-18/h4-12,16H,3,13-15H2,1-2H3. The van der Waals surface area contributed by atoms with E-state index in [-0.39, 0.29) is 11.9 Å². The molecule has 2 rings (SSSR count). The van der Waals surface area contributed by atoms with Crippen molar-refractivity contribution in [2.75, 3.05) is 12.3 Å². The molecule has 0 aromatic heterocycles. The van der Waals surface area contributed by atoms with Gasteiger partial charge in [-0.25, -0.2) is 0 Å². The van der Waals surface area contributed by atoms with Crippen molar-refractivity contribution in [1.29, 1.82) is 0 Å². The maximum absolute atomic E-state index is 12.4. The Hall–Kier alpha value is -1.26. The SMILES string of the molecule is CCC(=O)N(CCc1ccccc1Br)C(C)CSc1ccccc1. The molecule has 0 saturated heterocycles. The van der Waals surface area contributed by atoms with Gasteiger partial charge in [-0.15, -0.1) is 11.8 Å². The summed E-state index contributed by atoms with van der Waals surface area (Å²) in [6.45, 7) is 4.83. The normalized spacial score (nSPS) is 12.0. The first-order chi connectivity index (χ1) is 11.6. The topological polar surface area (TPSA) is 20.3 Å². The number of nitrogens with zero attached hydrogens (tertiary/aromatic N) is 1. The summed E-state index contributed by atoms with van der Waals surface area (Å²) in [7, 11) is 0. The number of hydrogen-bond acceptors (Lipinski definition) is 2. The number of benzene rings is 2. The molecule has 1 unspecified atom stereocenters. The van der Waals surface area contributed by atoms with Crippen LogP contribution in [0.2, 0.25) is 0 Å². The third kappa shape index (κ3) is 5.67. The zero-order valence-electron chi connectivity index (χ0n) is 14.2. The minimum atomic E-state index is 0.213. The lowest BCUT2D eigenvalue weighted by Crippen LogP contribution is -2.41. The van der Waals surface area contributed by atoms with Gasteiger partial charge in [0.25, 0.3) is 0 Å². The number of halogens is 1. The van der Waals surface area contributed by atoms with Crippen LogP contribution in [-0.2, 0) is 11.2 Å². The van der Waals surface area contributed by atoms with Gasteiger partial charge in [0.15, 0.2) is 0 Å². The summed E-state index contributed by atoms with van der Waals surface area (Å²) in [5, 5.41) is 0. The molecule has 1 amide bonds. The number of thioether (sulfide) groups is 1. The van der Waals surface area contributed by atoms with Gasteiger partial charge in [0.2, 0.25) is 5.91 Å². The molecule has 0 N–H and O–H groups in total. The summed E-state index contributed by atoms with van der Waals surface area (Å²) < 4.78 is 1.11. The molecular formula is C20H24BrNOS. The Kier molecular flexibility index (Phi) is 7.86. The molecule has 0 bridgehead atoms. The number of hydrogen-bond donors (Lipinski definition) is 0. The second kappa shape index (κ2) is 9.90. The number of amides is 1. The van der Waals surface area contributed by atoms with E-state index in [9.17, 15) is 4.79 Å². The summed E-state index contributed by atoms with van der Waals surface area (Å²) in [5.41, 5.74) is 1.24. The molecule has 2 aromatic rings. The van der Waals surface area contributed by atoms with Crippen LogP contribution < -0.4 is 0 Å². The number of carbonyl (C=O) groups excluding carboxylic acids is 1. The predicted octanol–water partition coefficient (Wildman–Crippen LogP) is 5.41. The quantitative estimate of drug-likeness (QED) is 0.547. The molecule has 0 spiro atoms. The lowest BCUT2D eigenvalue weighted by Gasteiger charge is -2.29. The molecule has 0 aliphatic carbocycles. The summed E-state index contributed by atoms with van der Waals surface area (Å²) in [6, 6.07) is 18.8. The lowest BCUT2D eigenvalue weighted by atomic mass is 10.1. The Morgan fingerprint density at radius 3 is 2.46 bits per heavy atom. The fourth-order valence-electron chi connectivity index (χ4n) is 2.56. The summed E-state index contributed by atoms with van der Waals surface area (Å²) in [4.78, 5) is 15.6. The lowest BCUT2D eigenvalue weighted by molar-refractivity contribution is -0.132. The minimum absolute atomic E-state index is 0.213. The van der Waals surface area contributed by atoms with Crippen molar-refractivity contribution in [3.63, 3.8) is 0 Å². The highest BCUT2D eigenvalue weighted by atomic mass is 79.9. The fourth-order valence-corrected chi connectivity index (χ4v) is 4.01. The van der Waals surface area contributed by atoms with Gasteiger partial charge >= 0.3 is 0 Å². The van der Waals surface area contributed by atoms with E-state index in [4.69, 9.17) is 0 Å². The third-order valence-electron chi connectivity index (χ3n) is 3.97. The van der Waals surface area contributed by atoms with Crippen molar-refractivity contribution >= 4 is 33.6 Å². The molecule has 24 heavy (non-hydrogen) atoms. The molecule has 1 atom stereocenters.